The largest absolute Gasteiger partial charge is 0.501 e. The monoisotopic (exact) mass is 594 g/mol. The van der Waals surface area contributed by atoms with E-state index in [0.717, 1.165) is 11.1 Å². The van der Waals surface area contributed by atoms with Crippen LogP contribution in [0.1, 0.15) is 63.8 Å². The molecule has 1 amide bonds. The quantitative estimate of drug-likeness (QED) is 0.326. The number of anilines is 1. The van der Waals surface area contributed by atoms with Gasteiger partial charge in [0, 0.05) is 39.0 Å². The first-order valence-corrected chi connectivity index (χ1v) is 14.9. The number of carbonyl (C=O) groups is 2. The zero-order valence-corrected chi connectivity index (χ0v) is 24.8. The summed E-state index contributed by atoms with van der Waals surface area (Å²) in [6.07, 6.45) is 1.87. The van der Waals surface area contributed by atoms with Crippen LogP contribution in [0.25, 0.3) is 0 Å². The number of Topliss-reactive ketones (excluding diaryl/α,β-unsaturated/α-hetero) is 1. The van der Waals surface area contributed by atoms with Gasteiger partial charge in [0.1, 0.15) is 11.6 Å². The van der Waals surface area contributed by atoms with Gasteiger partial charge in [0.2, 0.25) is 11.7 Å². The highest BCUT2D eigenvalue weighted by Crippen LogP contribution is 2.59. The van der Waals surface area contributed by atoms with Gasteiger partial charge in [-0.2, -0.15) is 0 Å². The van der Waals surface area contributed by atoms with E-state index in [1.165, 1.54) is 17.7 Å². The molecule has 1 aliphatic carbocycles. The number of carbonyl (C=O) groups excluding carboxylic acids is 2. The van der Waals surface area contributed by atoms with E-state index in [9.17, 15) is 23.9 Å². The topological polar surface area (TPSA) is 105 Å². The molecule has 1 saturated carbocycles. The molecule has 2 unspecified atom stereocenters. The van der Waals surface area contributed by atoms with E-state index in [1.807, 2.05) is 53.4 Å². The summed E-state index contributed by atoms with van der Waals surface area (Å²) in [7, 11) is 1.52. The molecule has 2 N–H and O–H groups in total. The number of ketones is 1. The van der Waals surface area contributed by atoms with Gasteiger partial charge in [0.05, 0.1) is 5.92 Å². The summed E-state index contributed by atoms with van der Waals surface area (Å²) in [5.41, 5.74) is 1.95. The van der Waals surface area contributed by atoms with E-state index in [2.05, 4.69) is 22.4 Å². The molecule has 226 valence electrons. The summed E-state index contributed by atoms with van der Waals surface area (Å²) >= 11 is 0. The van der Waals surface area contributed by atoms with E-state index >= 15 is 0 Å². The molecule has 3 aromatic carbocycles. The lowest BCUT2D eigenvalue weighted by molar-refractivity contribution is -0.119. The number of amides is 1. The molecule has 1 spiro atoms. The van der Waals surface area contributed by atoms with Crippen molar-refractivity contribution in [1.29, 1.82) is 0 Å². The number of hydrogen-bond acceptors (Lipinski definition) is 6. The second-order valence-electron chi connectivity index (χ2n) is 12.0. The minimum atomic E-state index is -0.728. The van der Waals surface area contributed by atoms with Gasteiger partial charge in [0.25, 0.3) is 11.5 Å². The Hall–Kier alpha value is -4.79. The average Bonchev–Trinajstić information content (AvgIpc) is 3.32. The molecule has 1 saturated heterocycles. The van der Waals surface area contributed by atoms with Gasteiger partial charge in [-0.1, -0.05) is 72.8 Å². The minimum absolute atomic E-state index is 0.00813. The third-order valence-electron chi connectivity index (χ3n) is 9.36. The van der Waals surface area contributed by atoms with E-state index in [0.29, 0.717) is 43.5 Å². The molecule has 9 heteroatoms. The second-order valence-corrected chi connectivity index (χ2v) is 12.0. The van der Waals surface area contributed by atoms with Crippen molar-refractivity contribution in [3.8, 4) is 5.75 Å². The molecule has 1 aromatic heterocycles. The summed E-state index contributed by atoms with van der Waals surface area (Å²) < 4.78 is 14.9. The summed E-state index contributed by atoms with van der Waals surface area (Å²) in [5, 5.41) is 13.3. The Bertz CT molecular complexity index is 1770. The fourth-order valence-electron chi connectivity index (χ4n) is 7.09. The van der Waals surface area contributed by atoms with Gasteiger partial charge >= 0.3 is 0 Å². The zero-order valence-electron chi connectivity index (χ0n) is 24.8. The van der Waals surface area contributed by atoms with Crippen LogP contribution in [0.4, 0.5) is 10.3 Å². The fourth-order valence-corrected chi connectivity index (χ4v) is 7.09. The van der Waals surface area contributed by atoms with Crippen LogP contribution in [-0.2, 0) is 18.4 Å². The van der Waals surface area contributed by atoms with Crippen LogP contribution in [0.5, 0.6) is 5.75 Å². The number of aromatic hydroxyl groups is 1. The number of aryl methyl sites for hydroxylation is 1. The Balaban J connectivity index is 1.26. The molecule has 0 radical (unpaired) electrons. The maximum absolute atomic E-state index is 13.7. The van der Waals surface area contributed by atoms with Crippen molar-refractivity contribution < 1.29 is 19.1 Å². The van der Waals surface area contributed by atoms with Crippen LogP contribution >= 0.6 is 0 Å². The van der Waals surface area contributed by atoms with Gasteiger partial charge in [-0.3, -0.25) is 19.0 Å². The Morgan fingerprint density at radius 1 is 1.00 bits per heavy atom. The predicted octanol–water partition coefficient (Wildman–Crippen LogP) is 4.99. The molecular formula is C35H35FN4O4. The van der Waals surface area contributed by atoms with Gasteiger partial charge in [0.15, 0.2) is 5.69 Å². The molecule has 2 atom stereocenters. The molecular weight excluding hydrogens is 559 g/mol. The summed E-state index contributed by atoms with van der Waals surface area (Å²) in [6, 6.07) is 24.7. The number of hydrogen-bond donors (Lipinski definition) is 2. The standard InChI is InChI=1S/C35H35FN4O4/c1-22-19-23(13-14-26(22)36)21-37-32(43)30-31(42)33(44)39(2)34(38-30)40-17-15-35(16-18-40)20-27(41)28(24-9-5-3-6-10-24)29(35)25-11-7-4-8-12-25/h3-14,19,28-29,42H,15-18,20-21H2,1-2H3,(H,37,43). The number of nitrogens with one attached hydrogen (secondary N) is 1. The maximum atomic E-state index is 13.7. The van der Waals surface area contributed by atoms with E-state index in [1.54, 1.807) is 19.1 Å². The van der Waals surface area contributed by atoms with Crippen LogP contribution < -0.4 is 15.8 Å². The van der Waals surface area contributed by atoms with Gasteiger partial charge in [-0.05, 0) is 53.5 Å². The van der Waals surface area contributed by atoms with Crippen LogP contribution in [0.3, 0.4) is 0 Å². The Labute approximate surface area is 255 Å². The molecule has 2 aliphatic rings. The SMILES string of the molecule is Cc1cc(CNC(=O)c2nc(N3CCC4(CC3)CC(=O)C(c3ccccc3)C4c3ccccc3)n(C)c(=O)c2O)ccc1F. The van der Waals surface area contributed by atoms with Crippen molar-refractivity contribution >= 4 is 17.6 Å². The third kappa shape index (κ3) is 5.27. The summed E-state index contributed by atoms with van der Waals surface area (Å²) in [4.78, 5) is 46.2. The van der Waals surface area contributed by atoms with E-state index in [-0.39, 0.29) is 47.0 Å². The van der Waals surface area contributed by atoms with Gasteiger partial charge in [-0.15, -0.1) is 0 Å². The fraction of sp³-hybridized carbons (Fsp3) is 0.314. The molecule has 4 aromatic rings. The lowest BCUT2D eigenvalue weighted by Gasteiger charge is -2.44. The van der Waals surface area contributed by atoms with Crippen LogP contribution in [0.2, 0.25) is 0 Å². The number of halogens is 1. The first-order chi connectivity index (χ1) is 21.2. The molecule has 1 aliphatic heterocycles. The lowest BCUT2D eigenvalue weighted by Crippen LogP contribution is -2.44. The van der Waals surface area contributed by atoms with Crippen molar-refractivity contribution in [1.82, 2.24) is 14.9 Å². The first-order valence-electron chi connectivity index (χ1n) is 14.9. The van der Waals surface area contributed by atoms with Gasteiger partial charge in [-0.25, -0.2) is 9.37 Å². The van der Waals surface area contributed by atoms with Crippen LogP contribution in [0.15, 0.2) is 83.7 Å². The van der Waals surface area contributed by atoms with Crippen molar-refractivity contribution in [3.63, 3.8) is 0 Å². The molecule has 0 bridgehead atoms. The third-order valence-corrected chi connectivity index (χ3v) is 9.36. The smallest absolute Gasteiger partial charge is 0.297 e. The van der Waals surface area contributed by atoms with E-state index < -0.39 is 17.2 Å². The Morgan fingerprint density at radius 3 is 2.27 bits per heavy atom. The highest BCUT2D eigenvalue weighted by molar-refractivity contribution is 5.95. The highest BCUT2D eigenvalue weighted by atomic mass is 19.1. The van der Waals surface area contributed by atoms with E-state index in [4.69, 9.17) is 0 Å². The Morgan fingerprint density at radius 2 is 1.64 bits per heavy atom. The average molecular weight is 595 g/mol. The molecule has 2 fully saturated rings. The van der Waals surface area contributed by atoms with Crippen LogP contribution in [-0.4, -0.2) is 39.4 Å². The lowest BCUT2D eigenvalue weighted by atomic mass is 9.65. The number of rotatable bonds is 6. The first kappa shape index (κ1) is 29.3. The Kier molecular flexibility index (Phi) is 7.80. The molecule has 2 heterocycles. The van der Waals surface area contributed by atoms with Crippen molar-refractivity contribution in [2.45, 2.75) is 44.6 Å². The summed E-state index contributed by atoms with van der Waals surface area (Å²) in [5.74, 6) is -1.47. The number of nitrogens with zero attached hydrogens (tertiary/aromatic N) is 3. The second kappa shape index (κ2) is 11.7. The number of benzene rings is 3. The summed E-state index contributed by atoms with van der Waals surface area (Å²) in [6.45, 7) is 2.77. The maximum Gasteiger partial charge on any atom is 0.297 e. The van der Waals surface area contributed by atoms with Gasteiger partial charge < -0.3 is 15.3 Å². The van der Waals surface area contributed by atoms with Crippen molar-refractivity contribution in [3.05, 3.63) is 123 Å². The van der Waals surface area contributed by atoms with Crippen LogP contribution in [0, 0.1) is 18.2 Å². The predicted molar refractivity (Wildman–Crippen MR) is 165 cm³/mol. The number of piperidine rings is 1. The highest BCUT2D eigenvalue weighted by Gasteiger charge is 2.55. The van der Waals surface area contributed by atoms with Crippen molar-refractivity contribution in [2.24, 2.45) is 12.5 Å². The molecule has 44 heavy (non-hydrogen) atoms. The molecule has 8 nitrogen and oxygen atoms in total. The van der Waals surface area contributed by atoms with Crippen molar-refractivity contribution in [2.75, 3.05) is 18.0 Å². The normalized spacial score (nSPS) is 19.3. The molecule has 6 rings (SSSR count). The number of aromatic nitrogens is 2. The minimum Gasteiger partial charge on any atom is -0.501 e. The zero-order chi connectivity index (χ0) is 31.0.